The number of hydrogen-bond acceptors (Lipinski definition) is 3. The fraction of sp³-hybridized carbons (Fsp3) is 0.421. The second-order valence-corrected chi connectivity index (χ2v) is 7.56. The van der Waals surface area contributed by atoms with Crippen LogP contribution >= 0.6 is 11.3 Å². The molecular weight excluding hydrogens is 306 g/mol. The molecule has 1 N–H and O–H groups in total. The summed E-state index contributed by atoms with van der Waals surface area (Å²) in [6.07, 6.45) is 5.98. The Morgan fingerprint density at radius 3 is 2.91 bits per heavy atom. The number of ether oxygens (including phenoxy) is 1. The summed E-state index contributed by atoms with van der Waals surface area (Å²) in [5.74, 6) is 1.00. The van der Waals surface area contributed by atoms with Gasteiger partial charge < -0.3 is 10.1 Å². The van der Waals surface area contributed by atoms with Crippen LogP contribution in [0.2, 0.25) is 0 Å². The van der Waals surface area contributed by atoms with Gasteiger partial charge in [-0.25, -0.2) is 0 Å². The summed E-state index contributed by atoms with van der Waals surface area (Å²) in [4.78, 5) is 14.6. The lowest BCUT2D eigenvalue weighted by atomic mass is 9.95. The molecule has 1 aromatic heterocycles. The van der Waals surface area contributed by atoms with Crippen LogP contribution < -0.4 is 10.1 Å². The minimum absolute atomic E-state index is 0.0754. The van der Waals surface area contributed by atoms with Gasteiger partial charge in [0, 0.05) is 22.0 Å². The lowest BCUT2D eigenvalue weighted by Gasteiger charge is -2.22. The van der Waals surface area contributed by atoms with E-state index in [1.165, 1.54) is 29.7 Å². The number of thiophene rings is 1. The number of carbonyl (C=O) groups is 1. The fourth-order valence-corrected chi connectivity index (χ4v) is 4.76. The van der Waals surface area contributed by atoms with E-state index in [1.54, 1.807) is 11.3 Å². The first kappa shape index (κ1) is 14.8. The second kappa shape index (κ2) is 6.00. The SMILES string of the molecule is Cc1cccc2c1-c1sc(C(=O)NC3CCCCC3)cc1CO2. The third-order valence-corrected chi connectivity index (χ3v) is 6.01. The molecule has 0 saturated heterocycles. The molecule has 0 bridgehead atoms. The van der Waals surface area contributed by atoms with Crippen molar-refractivity contribution in [2.45, 2.75) is 51.7 Å². The molecule has 1 aromatic carbocycles. The van der Waals surface area contributed by atoms with E-state index in [1.807, 2.05) is 18.2 Å². The molecule has 0 unspecified atom stereocenters. The van der Waals surface area contributed by atoms with Gasteiger partial charge >= 0.3 is 0 Å². The molecule has 1 aliphatic carbocycles. The molecule has 2 aromatic rings. The summed E-state index contributed by atoms with van der Waals surface area (Å²) < 4.78 is 5.85. The molecule has 3 nitrogen and oxygen atoms in total. The quantitative estimate of drug-likeness (QED) is 0.870. The first-order chi connectivity index (χ1) is 11.2. The van der Waals surface area contributed by atoms with E-state index in [2.05, 4.69) is 18.3 Å². The van der Waals surface area contributed by atoms with Crippen LogP contribution in [0.25, 0.3) is 10.4 Å². The molecule has 2 heterocycles. The monoisotopic (exact) mass is 327 g/mol. The van der Waals surface area contributed by atoms with Gasteiger partial charge in [-0.15, -0.1) is 11.3 Å². The zero-order chi connectivity index (χ0) is 15.8. The van der Waals surface area contributed by atoms with Crippen LogP contribution in [0, 0.1) is 6.92 Å². The van der Waals surface area contributed by atoms with Crippen molar-refractivity contribution >= 4 is 17.2 Å². The van der Waals surface area contributed by atoms with Gasteiger partial charge in [-0.3, -0.25) is 4.79 Å². The highest BCUT2D eigenvalue weighted by Crippen LogP contribution is 2.44. The summed E-state index contributed by atoms with van der Waals surface area (Å²) in [5, 5.41) is 3.21. The highest BCUT2D eigenvalue weighted by Gasteiger charge is 2.25. The first-order valence-corrected chi connectivity index (χ1v) is 9.20. The van der Waals surface area contributed by atoms with Crippen LogP contribution in [-0.4, -0.2) is 11.9 Å². The molecular formula is C19H21NO2S. The first-order valence-electron chi connectivity index (χ1n) is 8.39. The molecule has 2 aliphatic rings. The molecule has 1 amide bonds. The number of aryl methyl sites for hydroxylation is 1. The maximum absolute atomic E-state index is 12.6. The maximum Gasteiger partial charge on any atom is 0.261 e. The van der Waals surface area contributed by atoms with Crippen molar-refractivity contribution in [1.82, 2.24) is 5.32 Å². The number of hydrogen-bond donors (Lipinski definition) is 1. The highest BCUT2D eigenvalue weighted by molar-refractivity contribution is 7.17. The molecule has 0 radical (unpaired) electrons. The summed E-state index contributed by atoms with van der Waals surface area (Å²) in [5.41, 5.74) is 3.48. The van der Waals surface area contributed by atoms with Crippen molar-refractivity contribution in [2.75, 3.05) is 0 Å². The molecule has 120 valence electrons. The lowest BCUT2D eigenvalue weighted by Crippen LogP contribution is -2.35. The van der Waals surface area contributed by atoms with Crippen molar-refractivity contribution in [3.05, 3.63) is 40.3 Å². The van der Waals surface area contributed by atoms with Gasteiger partial charge in [0.25, 0.3) is 5.91 Å². The molecule has 4 heteroatoms. The molecule has 4 rings (SSSR count). The van der Waals surface area contributed by atoms with E-state index in [9.17, 15) is 4.79 Å². The Bertz CT molecular complexity index is 744. The second-order valence-electron chi connectivity index (χ2n) is 6.51. The smallest absolute Gasteiger partial charge is 0.261 e. The van der Waals surface area contributed by atoms with Gasteiger partial charge in [0.05, 0.1) is 4.88 Å². The standard InChI is InChI=1S/C19H21NO2S/c1-12-6-5-9-15-17(12)18-13(11-22-15)10-16(23-18)19(21)20-14-7-3-2-4-8-14/h5-6,9-10,14H,2-4,7-8,11H2,1H3,(H,20,21). The topological polar surface area (TPSA) is 38.3 Å². The Hall–Kier alpha value is -1.81. The molecule has 1 saturated carbocycles. The number of rotatable bonds is 2. The van der Waals surface area contributed by atoms with Crippen LogP contribution in [-0.2, 0) is 6.61 Å². The molecule has 1 aliphatic heterocycles. The molecule has 1 fully saturated rings. The Morgan fingerprint density at radius 2 is 2.09 bits per heavy atom. The zero-order valence-corrected chi connectivity index (χ0v) is 14.2. The number of amides is 1. The van der Waals surface area contributed by atoms with E-state index >= 15 is 0 Å². The Balaban J connectivity index is 1.61. The van der Waals surface area contributed by atoms with E-state index in [0.717, 1.165) is 34.6 Å². The van der Waals surface area contributed by atoms with E-state index < -0.39 is 0 Å². The highest BCUT2D eigenvalue weighted by atomic mass is 32.1. The van der Waals surface area contributed by atoms with Crippen molar-refractivity contribution in [3.8, 4) is 16.2 Å². The predicted molar refractivity (Wildman–Crippen MR) is 93.2 cm³/mol. The third kappa shape index (κ3) is 2.76. The predicted octanol–water partition coefficient (Wildman–Crippen LogP) is 4.68. The van der Waals surface area contributed by atoms with E-state index in [0.29, 0.717) is 12.6 Å². The van der Waals surface area contributed by atoms with Gasteiger partial charge in [0.2, 0.25) is 0 Å². The summed E-state index contributed by atoms with van der Waals surface area (Å²) in [7, 11) is 0. The molecule has 0 spiro atoms. The number of nitrogens with one attached hydrogen (secondary N) is 1. The molecule has 0 atom stereocenters. The van der Waals surface area contributed by atoms with Gasteiger partial charge in [0.1, 0.15) is 12.4 Å². The zero-order valence-electron chi connectivity index (χ0n) is 13.4. The minimum atomic E-state index is 0.0754. The Kier molecular flexibility index (Phi) is 3.85. The van der Waals surface area contributed by atoms with Crippen LogP contribution in [0.1, 0.15) is 52.9 Å². The summed E-state index contributed by atoms with van der Waals surface area (Å²) in [6.45, 7) is 2.65. The van der Waals surface area contributed by atoms with Gasteiger partial charge in [0.15, 0.2) is 0 Å². The normalized spacial score (nSPS) is 17.1. The van der Waals surface area contributed by atoms with Gasteiger partial charge in [-0.1, -0.05) is 31.4 Å². The average Bonchev–Trinajstić information content (AvgIpc) is 3.00. The fourth-order valence-electron chi connectivity index (χ4n) is 3.57. The van der Waals surface area contributed by atoms with Crippen LogP contribution in [0.5, 0.6) is 5.75 Å². The lowest BCUT2D eigenvalue weighted by molar-refractivity contribution is 0.0932. The minimum Gasteiger partial charge on any atom is -0.488 e. The number of benzene rings is 1. The number of fused-ring (bicyclic) bond motifs is 3. The van der Waals surface area contributed by atoms with Crippen LogP contribution in [0.4, 0.5) is 0 Å². The van der Waals surface area contributed by atoms with Crippen molar-refractivity contribution in [1.29, 1.82) is 0 Å². The summed E-state index contributed by atoms with van der Waals surface area (Å²) in [6, 6.07) is 8.48. The molecule has 23 heavy (non-hydrogen) atoms. The van der Waals surface area contributed by atoms with Gasteiger partial charge in [-0.2, -0.15) is 0 Å². The van der Waals surface area contributed by atoms with Gasteiger partial charge in [-0.05, 0) is 37.5 Å². The van der Waals surface area contributed by atoms with Crippen LogP contribution in [0.15, 0.2) is 24.3 Å². The van der Waals surface area contributed by atoms with Crippen molar-refractivity contribution < 1.29 is 9.53 Å². The van der Waals surface area contributed by atoms with Crippen molar-refractivity contribution in [3.63, 3.8) is 0 Å². The number of carbonyl (C=O) groups excluding carboxylic acids is 1. The Labute approximate surface area is 140 Å². The third-order valence-electron chi connectivity index (χ3n) is 4.82. The van der Waals surface area contributed by atoms with Crippen LogP contribution in [0.3, 0.4) is 0 Å². The van der Waals surface area contributed by atoms with E-state index in [4.69, 9.17) is 4.74 Å². The maximum atomic E-state index is 12.6. The average molecular weight is 327 g/mol. The summed E-state index contributed by atoms with van der Waals surface area (Å²) >= 11 is 1.60. The van der Waals surface area contributed by atoms with Crippen molar-refractivity contribution in [2.24, 2.45) is 0 Å². The Morgan fingerprint density at radius 1 is 1.26 bits per heavy atom. The largest absolute Gasteiger partial charge is 0.488 e. The van der Waals surface area contributed by atoms with E-state index in [-0.39, 0.29) is 5.91 Å².